The highest BCUT2D eigenvalue weighted by molar-refractivity contribution is 7.90. The summed E-state index contributed by atoms with van der Waals surface area (Å²) in [6.45, 7) is -0.333. The average molecular weight is 409 g/mol. The quantitative estimate of drug-likeness (QED) is 0.809. The van der Waals surface area contributed by atoms with Gasteiger partial charge in [0, 0.05) is 11.3 Å². The van der Waals surface area contributed by atoms with E-state index in [1.54, 1.807) is 6.07 Å². The molecule has 2 rings (SSSR count). The van der Waals surface area contributed by atoms with E-state index in [4.69, 9.17) is 39.5 Å². The number of carbonyl (C=O) groups excluding carboxylic acids is 1. The van der Waals surface area contributed by atoms with Gasteiger partial charge in [0.15, 0.2) is 16.4 Å². The summed E-state index contributed by atoms with van der Waals surface area (Å²) in [6, 6.07) is 8.64. The predicted octanol–water partition coefficient (Wildman–Crippen LogP) is 4.07. The van der Waals surface area contributed by atoms with Gasteiger partial charge in [-0.05, 0) is 36.4 Å². The highest BCUT2D eigenvalue weighted by Gasteiger charge is 2.13. The van der Waals surface area contributed by atoms with Crippen molar-refractivity contribution in [2.75, 3.05) is 18.2 Å². The van der Waals surface area contributed by atoms with Crippen molar-refractivity contribution in [3.8, 4) is 5.75 Å². The van der Waals surface area contributed by atoms with Crippen LogP contribution in [0.1, 0.15) is 0 Å². The van der Waals surface area contributed by atoms with Crippen LogP contribution in [-0.2, 0) is 14.6 Å². The van der Waals surface area contributed by atoms with Gasteiger partial charge in [0.1, 0.15) is 5.75 Å². The summed E-state index contributed by atoms with van der Waals surface area (Å²) in [5.41, 5.74) is 0.176. The molecule has 0 aliphatic heterocycles. The molecule has 0 atom stereocenters. The molecule has 0 radical (unpaired) electrons. The Kier molecular flexibility index (Phi) is 5.98. The summed E-state index contributed by atoms with van der Waals surface area (Å²) >= 11 is 17.7. The van der Waals surface area contributed by atoms with Gasteiger partial charge in [0.25, 0.3) is 5.91 Å². The number of amides is 1. The maximum atomic E-state index is 12.0. The number of benzene rings is 2. The van der Waals surface area contributed by atoms with E-state index in [0.717, 1.165) is 6.26 Å². The minimum atomic E-state index is -3.41. The first-order chi connectivity index (χ1) is 11.2. The Labute approximate surface area is 154 Å². The fraction of sp³-hybridized carbons (Fsp3) is 0.133. The highest BCUT2D eigenvalue weighted by atomic mass is 35.5. The monoisotopic (exact) mass is 407 g/mol. The van der Waals surface area contributed by atoms with Crippen LogP contribution in [0.2, 0.25) is 15.1 Å². The smallest absolute Gasteiger partial charge is 0.262 e. The Morgan fingerprint density at radius 2 is 1.79 bits per heavy atom. The number of rotatable bonds is 5. The first kappa shape index (κ1) is 18.9. The van der Waals surface area contributed by atoms with Crippen molar-refractivity contribution >= 4 is 56.2 Å². The van der Waals surface area contributed by atoms with E-state index in [9.17, 15) is 13.2 Å². The third kappa shape index (κ3) is 5.01. The zero-order valence-corrected chi connectivity index (χ0v) is 15.4. The second-order valence-electron chi connectivity index (χ2n) is 4.83. The van der Waals surface area contributed by atoms with Crippen LogP contribution in [0.5, 0.6) is 5.75 Å². The molecule has 0 fully saturated rings. The molecule has 0 aromatic heterocycles. The SMILES string of the molecule is CS(=O)(=O)c1ccc(Cl)c(NC(=O)COc2ccc(Cl)cc2Cl)c1. The largest absolute Gasteiger partial charge is 0.482 e. The first-order valence-corrected chi connectivity index (χ1v) is 9.56. The normalized spacial score (nSPS) is 11.2. The van der Waals surface area contributed by atoms with Gasteiger partial charge in [0.2, 0.25) is 0 Å². The van der Waals surface area contributed by atoms with E-state index in [-0.39, 0.29) is 27.2 Å². The molecule has 1 N–H and O–H groups in total. The Bertz CT molecular complexity index is 884. The van der Waals surface area contributed by atoms with Gasteiger partial charge >= 0.3 is 0 Å². The lowest BCUT2D eigenvalue weighted by molar-refractivity contribution is -0.118. The summed E-state index contributed by atoms with van der Waals surface area (Å²) in [7, 11) is -3.41. The topological polar surface area (TPSA) is 72.5 Å². The third-order valence-corrected chi connectivity index (χ3v) is 4.86. The molecule has 5 nitrogen and oxygen atoms in total. The zero-order valence-electron chi connectivity index (χ0n) is 12.3. The number of sulfone groups is 1. The lowest BCUT2D eigenvalue weighted by Crippen LogP contribution is -2.20. The van der Waals surface area contributed by atoms with Crippen molar-refractivity contribution in [2.24, 2.45) is 0 Å². The van der Waals surface area contributed by atoms with Crippen molar-refractivity contribution in [2.45, 2.75) is 4.90 Å². The number of anilines is 1. The van der Waals surface area contributed by atoms with E-state index in [0.29, 0.717) is 10.8 Å². The molecular weight excluding hydrogens is 397 g/mol. The van der Waals surface area contributed by atoms with Crippen molar-refractivity contribution in [1.82, 2.24) is 0 Å². The van der Waals surface area contributed by atoms with Crippen LogP contribution in [0.25, 0.3) is 0 Å². The van der Waals surface area contributed by atoms with Crippen LogP contribution >= 0.6 is 34.8 Å². The molecule has 0 heterocycles. The van der Waals surface area contributed by atoms with E-state index >= 15 is 0 Å². The van der Waals surface area contributed by atoms with Gasteiger partial charge in [-0.1, -0.05) is 34.8 Å². The van der Waals surface area contributed by atoms with Gasteiger partial charge in [-0.2, -0.15) is 0 Å². The molecule has 0 unspecified atom stereocenters. The number of ether oxygens (including phenoxy) is 1. The molecule has 9 heteroatoms. The van der Waals surface area contributed by atoms with Crippen LogP contribution in [0.4, 0.5) is 5.69 Å². The molecule has 24 heavy (non-hydrogen) atoms. The standard InChI is InChI=1S/C15H12Cl3NO4S/c1-24(21,22)10-3-4-11(17)13(7-10)19-15(20)8-23-14-5-2-9(16)6-12(14)18/h2-7H,8H2,1H3,(H,19,20). The number of halogens is 3. The molecule has 0 aliphatic carbocycles. The number of hydrogen-bond acceptors (Lipinski definition) is 4. The Hall–Kier alpha value is -1.47. The Morgan fingerprint density at radius 1 is 1.08 bits per heavy atom. The number of hydrogen-bond donors (Lipinski definition) is 1. The summed E-state index contributed by atoms with van der Waals surface area (Å²) in [5.74, 6) is -0.222. The van der Waals surface area contributed by atoms with Gasteiger partial charge < -0.3 is 10.1 Å². The molecule has 128 valence electrons. The van der Waals surface area contributed by atoms with Gasteiger partial charge in [-0.3, -0.25) is 4.79 Å². The third-order valence-electron chi connectivity index (χ3n) is 2.89. The molecule has 0 spiro atoms. The second kappa shape index (κ2) is 7.61. The predicted molar refractivity (Wildman–Crippen MR) is 95.1 cm³/mol. The molecule has 0 bridgehead atoms. The summed E-state index contributed by atoms with van der Waals surface area (Å²) in [5, 5.41) is 3.42. The van der Waals surface area contributed by atoms with Crippen LogP contribution < -0.4 is 10.1 Å². The van der Waals surface area contributed by atoms with Crippen LogP contribution in [0.15, 0.2) is 41.3 Å². The zero-order chi connectivity index (χ0) is 17.9. The van der Waals surface area contributed by atoms with E-state index in [2.05, 4.69) is 5.32 Å². The summed E-state index contributed by atoms with van der Waals surface area (Å²) in [6.07, 6.45) is 1.06. The van der Waals surface area contributed by atoms with E-state index < -0.39 is 15.7 Å². The maximum absolute atomic E-state index is 12.0. The minimum Gasteiger partial charge on any atom is -0.482 e. The number of nitrogens with one attached hydrogen (secondary N) is 1. The van der Waals surface area contributed by atoms with Crippen LogP contribution in [0.3, 0.4) is 0 Å². The molecule has 0 aliphatic rings. The maximum Gasteiger partial charge on any atom is 0.262 e. The van der Waals surface area contributed by atoms with Crippen molar-refractivity contribution in [1.29, 1.82) is 0 Å². The molecule has 2 aromatic rings. The van der Waals surface area contributed by atoms with E-state index in [1.807, 2.05) is 0 Å². The summed E-state index contributed by atoms with van der Waals surface area (Å²) < 4.78 is 28.4. The van der Waals surface area contributed by atoms with Crippen molar-refractivity contribution < 1.29 is 17.9 Å². The molecular formula is C15H12Cl3NO4S. The van der Waals surface area contributed by atoms with Gasteiger partial charge in [0.05, 0.1) is 20.6 Å². The average Bonchev–Trinajstić information content (AvgIpc) is 2.47. The molecule has 1 amide bonds. The van der Waals surface area contributed by atoms with Crippen LogP contribution in [-0.4, -0.2) is 27.2 Å². The highest BCUT2D eigenvalue weighted by Crippen LogP contribution is 2.28. The summed E-state index contributed by atoms with van der Waals surface area (Å²) in [4.78, 5) is 12.0. The van der Waals surface area contributed by atoms with Crippen molar-refractivity contribution in [3.63, 3.8) is 0 Å². The molecule has 0 saturated carbocycles. The van der Waals surface area contributed by atoms with Gasteiger partial charge in [-0.15, -0.1) is 0 Å². The fourth-order valence-electron chi connectivity index (χ4n) is 1.75. The first-order valence-electron chi connectivity index (χ1n) is 6.54. The van der Waals surface area contributed by atoms with Crippen molar-refractivity contribution in [3.05, 3.63) is 51.5 Å². The molecule has 2 aromatic carbocycles. The molecule has 0 saturated heterocycles. The lowest BCUT2D eigenvalue weighted by Gasteiger charge is -2.11. The van der Waals surface area contributed by atoms with Gasteiger partial charge in [-0.25, -0.2) is 8.42 Å². The second-order valence-corrected chi connectivity index (χ2v) is 8.09. The Balaban J connectivity index is 2.07. The van der Waals surface area contributed by atoms with Crippen LogP contribution in [0, 0.1) is 0 Å². The minimum absolute atomic E-state index is 0.0452. The number of carbonyl (C=O) groups is 1. The fourth-order valence-corrected chi connectivity index (χ4v) is 3.03. The Morgan fingerprint density at radius 3 is 2.42 bits per heavy atom. The lowest BCUT2D eigenvalue weighted by atomic mass is 10.3. The van der Waals surface area contributed by atoms with E-state index in [1.165, 1.54) is 30.3 Å².